The molecule has 1 heterocycles. The van der Waals surface area contributed by atoms with Crippen LogP contribution in [0.1, 0.15) is 49.2 Å². The van der Waals surface area contributed by atoms with E-state index in [-0.39, 0.29) is 0 Å². The monoisotopic (exact) mass is 250 g/mol. The minimum absolute atomic E-state index is 0.779. The van der Waals surface area contributed by atoms with Crippen LogP contribution in [-0.4, -0.2) is 11.0 Å². The summed E-state index contributed by atoms with van der Waals surface area (Å²) in [4.78, 5) is 4.55. The molecule has 0 saturated heterocycles. The molecule has 3 heteroatoms. The zero-order chi connectivity index (χ0) is 11.7. The average Bonchev–Trinajstić information content (AvgIpc) is 2.55. The largest absolute Gasteiger partial charge is 0.307 e. The van der Waals surface area contributed by atoms with E-state index in [2.05, 4.69) is 22.6 Å². The van der Waals surface area contributed by atoms with Gasteiger partial charge in [0.25, 0.3) is 0 Å². The van der Waals surface area contributed by atoms with Crippen molar-refractivity contribution in [3.05, 3.63) is 16.1 Å². The third-order valence-corrected chi connectivity index (χ3v) is 5.44. The summed E-state index contributed by atoms with van der Waals surface area (Å²) in [6, 6.07) is 0.779. The topological polar surface area (TPSA) is 24.9 Å². The van der Waals surface area contributed by atoms with E-state index < -0.39 is 0 Å². The van der Waals surface area contributed by atoms with E-state index in [9.17, 15) is 0 Å². The van der Waals surface area contributed by atoms with Crippen LogP contribution in [0.3, 0.4) is 0 Å². The highest BCUT2D eigenvalue weighted by molar-refractivity contribution is 7.09. The molecule has 0 amide bonds. The number of aromatic nitrogens is 1. The molecule has 0 radical (unpaired) electrons. The second-order valence-corrected chi connectivity index (χ2v) is 6.61. The van der Waals surface area contributed by atoms with Gasteiger partial charge >= 0.3 is 0 Å². The first-order valence-electron chi connectivity index (χ1n) is 6.97. The van der Waals surface area contributed by atoms with Gasteiger partial charge in [-0.1, -0.05) is 12.8 Å². The molecule has 2 saturated carbocycles. The minimum Gasteiger partial charge on any atom is -0.307 e. The maximum absolute atomic E-state index is 4.55. The van der Waals surface area contributed by atoms with Gasteiger partial charge in [-0.25, -0.2) is 4.98 Å². The maximum Gasteiger partial charge on any atom is 0.107 e. The first-order chi connectivity index (χ1) is 8.33. The van der Waals surface area contributed by atoms with E-state index in [0.717, 1.165) is 30.1 Å². The van der Waals surface area contributed by atoms with Gasteiger partial charge in [0.2, 0.25) is 0 Å². The van der Waals surface area contributed by atoms with Gasteiger partial charge in [0.1, 0.15) is 5.01 Å². The van der Waals surface area contributed by atoms with E-state index in [1.807, 2.05) is 0 Å². The highest BCUT2D eigenvalue weighted by atomic mass is 32.1. The molecule has 2 nitrogen and oxygen atoms in total. The van der Waals surface area contributed by atoms with Gasteiger partial charge in [0.05, 0.1) is 0 Å². The first-order valence-corrected chi connectivity index (χ1v) is 7.85. The van der Waals surface area contributed by atoms with Gasteiger partial charge in [0.15, 0.2) is 0 Å². The maximum atomic E-state index is 4.55. The molecule has 1 N–H and O–H groups in total. The number of rotatable bonds is 5. The average molecular weight is 250 g/mol. The highest BCUT2D eigenvalue weighted by Crippen LogP contribution is 2.40. The summed E-state index contributed by atoms with van der Waals surface area (Å²) in [7, 11) is 0. The normalized spacial score (nSPS) is 21.5. The van der Waals surface area contributed by atoms with Crippen molar-refractivity contribution in [2.24, 2.45) is 11.8 Å². The van der Waals surface area contributed by atoms with Gasteiger partial charge in [-0.05, 0) is 44.4 Å². The summed E-state index contributed by atoms with van der Waals surface area (Å²) in [6.07, 6.45) is 8.70. The number of thiazole rings is 1. The molecule has 2 aliphatic rings. The molecule has 17 heavy (non-hydrogen) atoms. The lowest BCUT2D eigenvalue weighted by Gasteiger charge is -2.43. The summed E-state index contributed by atoms with van der Waals surface area (Å²) in [5.74, 6) is 1.92. The Hall–Kier alpha value is -0.410. The molecule has 1 aromatic heterocycles. The number of nitrogens with zero attached hydrogens (tertiary/aromatic N) is 1. The van der Waals surface area contributed by atoms with Crippen molar-refractivity contribution in [2.45, 2.75) is 58.0 Å². The van der Waals surface area contributed by atoms with Crippen LogP contribution in [0.4, 0.5) is 0 Å². The van der Waals surface area contributed by atoms with Gasteiger partial charge in [-0.3, -0.25) is 0 Å². The Morgan fingerprint density at radius 3 is 2.35 bits per heavy atom. The van der Waals surface area contributed by atoms with Crippen molar-refractivity contribution in [3.8, 4) is 0 Å². The van der Waals surface area contributed by atoms with Crippen LogP contribution >= 0.6 is 11.3 Å². The Kier molecular flexibility index (Phi) is 3.48. The van der Waals surface area contributed by atoms with Crippen molar-refractivity contribution in [2.75, 3.05) is 0 Å². The second-order valence-electron chi connectivity index (χ2n) is 5.67. The molecule has 94 valence electrons. The number of hydrogen-bond donors (Lipinski definition) is 1. The van der Waals surface area contributed by atoms with Gasteiger partial charge in [-0.2, -0.15) is 0 Å². The van der Waals surface area contributed by atoms with E-state index in [1.165, 1.54) is 43.5 Å². The van der Waals surface area contributed by atoms with Crippen molar-refractivity contribution < 1.29 is 0 Å². The SMILES string of the molecule is Cc1csc(CNC(C2CCC2)C2CCC2)n1. The standard InChI is InChI=1S/C14H22N2S/c1-10-9-17-13(16-10)8-15-14(11-4-2-5-11)12-6-3-7-12/h9,11-12,14-15H,2-8H2,1H3. The lowest BCUT2D eigenvalue weighted by atomic mass is 9.68. The molecule has 0 unspecified atom stereocenters. The predicted molar refractivity (Wildman–Crippen MR) is 72.2 cm³/mol. The molecule has 3 rings (SSSR count). The van der Waals surface area contributed by atoms with Crippen LogP contribution < -0.4 is 5.32 Å². The van der Waals surface area contributed by atoms with E-state index >= 15 is 0 Å². The molecule has 2 fully saturated rings. The van der Waals surface area contributed by atoms with Gasteiger partial charge in [0, 0.05) is 23.7 Å². The van der Waals surface area contributed by atoms with Crippen molar-refractivity contribution in [1.82, 2.24) is 10.3 Å². The third kappa shape index (κ3) is 2.55. The lowest BCUT2D eigenvalue weighted by Crippen LogP contribution is -2.46. The van der Waals surface area contributed by atoms with Crippen LogP contribution in [0.25, 0.3) is 0 Å². The minimum atomic E-state index is 0.779. The Morgan fingerprint density at radius 1 is 1.29 bits per heavy atom. The summed E-state index contributed by atoms with van der Waals surface area (Å²) < 4.78 is 0. The second kappa shape index (κ2) is 5.07. The zero-order valence-corrected chi connectivity index (χ0v) is 11.4. The van der Waals surface area contributed by atoms with Crippen LogP contribution in [0.5, 0.6) is 0 Å². The Labute approximate surface area is 108 Å². The number of hydrogen-bond acceptors (Lipinski definition) is 3. The Bertz CT molecular complexity index is 352. The van der Waals surface area contributed by atoms with E-state index in [0.29, 0.717) is 0 Å². The van der Waals surface area contributed by atoms with Crippen LogP contribution in [-0.2, 0) is 6.54 Å². The molecular weight excluding hydrogens is 228 g/mol. The fourth-order valence-corrected chi connectivity index (χ4v) is 3.73. The number of aryl methyl sites for hydroxylation is 1. The van der Waals surface area contributed by atoms with E-state index in [1.54, 1.807) is 11.3 Å². The summed E-state index contributed by atoms with van der Waals surface area (Å²) in [6.45, 7) is 3.06. The van der Waals surface area contributed by atoms with Crippen LogP contribution in [0.2, 0.25) is 0 Å². The quantitative estimate of drug-likeness (QED) is 0.865. The fourth-order valence-electron chi connectivity index (χ4n) is 3.01. The van der Waals surface area contributed by atoms with E-state index in [4.69, 9.17) is 0 Å². The first kappa shape index (κ1) is 11.7. The van der Waals surface area contributed by atoms with Crippen molar-refractivity contribution >= 4 is 11.3 Å². The summed E-state index contributed by atoms with van der Waals surface area (Å²) in [5, 5.41) is 7.21. The zero-order valence-electron chi connectivity index (χ0n) is 10.6. The molecule has 0 bridgehead atoms. The predicted octanol–water partition coefficient (Wildman–Crippen LogP) is 3.51. The molecule has 0 aliphatic heterocycles. The van der Waals surface area contributed by atoms with Gasteiger partial charge in [-0.15, -0.1) is 11.3 Å². The molecule has 0 spiro atoms. The Balaban J connectivity index is 1.56. The molecular formula is C14H22N2S. The van der Waals surface area contributed by atoms with Crippen LogP contribution in [0.15, 0.2) is 5.38 Å². The molecule has 2 aliphatic carbocycles. The fraction of sp³-hybridized carbons (Fsp3) is 0.786. The summed E-state index contributed by atoms with van der Waals surface area (Å²) in [5.41, 5.74) is 1.16. The lowest BCUT2D eigenvalue weighted by molar-refractivity contribution is 0.122. The number of nitrogens with one attached hydrogen (secondary N) is 1. The highest BCUT2D eigenvalue weighted by Gasteiger charge is 2.35. The van der Waals surface area contributed by atoms with Crippen molar-refractivity contribution in [1.29, 1.82) is 0 Å². The summed E-state index contributed by atoms with van der Waals surface area (Å²) >= 11 is 1.79. The Morgan fingerprint density at radius 2 is 1.94 bits per heavy atom. The van der Waals surface area contributed by atoms with Crippen LogP contribution in [0, 0.1) is 18.8 Å². The smallest absolute Gasteiger partial charge is 0.107 e. The third-order valence-electron chi connectivity index (χ3n) is 4.47. The van der Waals surface area contributed by atoms with Gasteiger partial charge < -0.3 is 5.32 Å². The molecule has 1 aromatic rings. The molecule has 0 aromatic carbocycles. The van der Waals surface area contributed by atoms with Crippen molar-refractivity contribution in [3.63, 3.8) is 0 Å². The molecule has 0 atom stereocenters.